The maximum Gasteiger partial charge on any atom is 0.273 e. The molecule has 0 bridgehead atoms. The van der Waals surface area contributed by atoms with E-state index in [9.17, 15) is 15.4 Å². The highest BCUT2D eigenvalue weighted by atomic mass is 16.6. The molecule has 2 aromatic rings. The summed E-state index contributed by atoms with van der Waals surface area (Å²) in [5.74, 6) is -0.157. The van der Waals surface area contributed by atoms with Gasteiger partial charge in [-0.1, -0.05) is 24.3 Å². The van der Waals surface area contributed by atoms with Crippen molar-refractivity contribution in [2.24, 2.45) is 5.73 Å². The zero-order valence-corrected chi connectivity index (χ0v) is 15.2. The number of hydrogen-bond donors (Lipinski definition) is 1. The lowest BCUT2D eigenvalue weighted by Gasteiger charge is -2.28. The van der Waals surface area contributed by atoms with Gasteiger partial charge in [-0.05, 0) is 19.9 Å². The molecule has 0 radical (unpaired) electrons. The molecule has 0 amide bonds. The van der Waals surface area contributed by atoms with E-state index in [1.165, 1.54) is 6.07 Å². The Bertz CT molecular complexity index is 958. The van der Waals surface area contributed by atoms with Crippen molar-refractivity contribution in [3.63, 3.8) is 0 Å². The number of fused-ring (bicyclic) bond motifs is 1. The molecule has 1 aliphatic heterocycles. The third-order valence-corrected chi connectivity index (χ3v) is 4.78. The van der Waals surface area contributed by atoms with Gasteiger partial charge in [0.05, 0.1) is 10.8 Å². The van der Waals surface area contributed by atoms with Crippen LogP contribution in [-0.4, -0.2) is 18.0 Å². The number of nitriles is 1. The van der Waals surface area contributed by atoms with E-state index in [2.05, 4.69) is 24.8 Å². The van der Waals surface area contributed by atoms with E-state index in [1.54, 1.807) is 18.2 Å². The first kappa shape index (κ1) is 18.3. The van der Waals surface area contributed by atoms with Crippen LogP contribution >= 0.6 is 0 Å². The number of benzene rings is 2. The first-order valence-electron chi connectivity index (χ1n) is 8.71. The Morgan fingerprint density at radius 2 is 1.93 bits per heavy atom. The normalized spacial score (nSPS) is 15.5. The van der Waals surface area contributed by atoms with Gasteiger partial charge in [0.2, 0.25) is 5.88 Å². The number of anilines is 1. The maximum atomic E-state index is 11.5. The summed E-state index contributed by atoms with van der Waals surface area (Å²) < 4.78 is 5.71. The highest BCUT2D eigenvalue weighted by Gasteiger charge is 2.34. The fraction of sp³-hybridized carbons (Fsp3) is 0.250. The van der Waals surface area contributed by atoms with Crippen LogP contribution in [0.15, 0.2) is 53.9 Å². The maximum absolute atomic E-state index is 11.5. The van der Waals surface area contributed by atoms with Crippen LogP contribution in [0.3, 0.4) is 0 Å². The monoisotopic (exact) mass is 364 g/mol. The molecule has 0 saturated heterocycles. The average Bonchev–Trinajstić information content (AvgIpc) is 2.67. The van der Waals surface area contributed by atoms with Crippen molar-refractivity contribution in [3.05, 3.63) is 75.2 Å². The molecule has 2 N–H and O–H groups in total. The summed E-state index contributed by atoms with van der Waals surface area (Å²) in [4.78, 5) is 13.2. The average molecular weight is 364 g/mol. The van der Waals surface area contributed by atoms with Crippen molar-refractivity contribution in [2.75, 3.05) is 18.0 Å². The van der Waals surface area contributed by atoms with Gasteiger partial charge >= 0.3 is 0 Å². The van der Waals surface area contributed by atoms with Crippen LogP contribution in [-0.2, 0) is 0 Å². The van der Waals surface area contributed by atoms with Gasteiger partial charge in [0.15, 0.2) is 0 Å². The smallest absolute Gasteiger partial charge is 0.273 e. The van der Waals surface area contributed by atoms with Gasteiger partial charge < -0.3 is 15.4 Å². The molecule has 0 spiro atoms. The molecule has 7 nitrogen and oxygen atoms in total. The minimum atomic E-state index is -0.647. The molecule has 138 valence electrons. The third-order valence-electron chi connectivity index (χ3n) is 4.78. The summed E-state index contributed by atoms with van der Waals surface area (Å²) in [6, 6.07) is 14.1. The predicted octanol–water partition coefficient (Wildman–Crippen LogP) is 3.66. The van der Waals surface area contributed by atoms with Gasteiger partial charge in [-0.25, -0.2) is 0 Å². The van der Waals surface area contributed by atoms with E-state index in [0.717, 1.165) is 18.8 Å². The molecule has 1 unspecified atom stereocenters. The summed E-state index contributed by atoms with van der Waals surface area (Å²) in [7, 11) is 0. The Kier molecular flexibility index (Phi) is 4.99. The number of para-hydroxylation sites is 1. The highest BCUT2D eigenvalue weighted by molar-refractivity contribution is 5.63. The van der Waals surface area contributed by atoms with Crippen LogP contribution in [0.4, 0.5) is 11.4 Å². The molecule has 3 rings (SSSR count). The largest absolute Gasteiger partial charge is 0.440 e. The molecular weight excluding hydrogens is 344 g/mol. The number of ether oxygens (including phenoxy) is 1. The van der Waals surface area contributed by atoms with Gasteiger partial charge in [0.1, 0.15) is 17.4 Å². The zero-order chi connectivity index (χ0) is 19.6. The molecule has 2 aromatic carbocycles. The number of nitro benzene ring substituents is 1. The molecule has 27 heavy (non-hydrogen) atoms. The second-order valence-electron chi connectivity index (χ2n) is 6.14. The Hall–Kier alpha value is -3.53. The van der Waals surface area contributed by atoms with Crippen LogP contribution in [0.5, 0.6) is 5.75 Å². The van der Waals surface area contributed by atoms with E-state index in [4.69, 9.17) is 10.5 Å². The fourth-order valence-electron chi connectivity index (χ4n) is 3.45. The van der Waals surface area contributed by atoms with Crippen LogP contribution in [0.25, 0.3) is 0 Å². The molecule has 0 saturated carbocycles. The lowest BCUT2D eigenvalue weighted by Crippen LogP contribution is -2.24. The Morgan fingerprint density at radius 1 is 1.22 bits per heavy atom. The van der Waals surface area contributed by atoms with E-state index < -0.39 is 10.8 Å². The van der Waals surface area contributed by atoms with E-state index in [-0.39, 0.29) is 17.1 Å². The topological polar surface area (TPSA) is 105 Å². The van der Waals surface area contributed by atoms with Crippen molar-refractivity contribution in [3.8, 4) is 11.8 Å². The molecule has 1 aliphatic rings. The number of nitro groups is 1. The minimum absolute atomic E-state index is 0.0233. The summed E-state index contributed by atoms with van der Waals surface area (Å²) in [6.07, 6.45) is 0. The quantitative estimate of drug-likeness (QED) is 0.641. The van der Waals surface area contributed by atoms with Crippen LogP contribution in [0.2, 0.25) is 0 Å². The van der Waals surface area contributed by atoms with Gasteiger partial charge in [0, 0.05) is 42.0 Å². The van der Waals surface area contributed by atoms with E-state index >= 15 is 0 Å². The van der Waals surface area contributed by atoms with E-state index in [0.29, 0.717) is 16.9 Å². The van der Waals surface area contributed by atoms with Gasteiger partial charge in [-0.3, -0.25) is 10.1 Å². The van der Waals surface area contributed by atoms with Crippen molar-refractivity contribution >= 4 is 11.4 Å². The molecule has 7 heteroatoms. The summed E-state index contributed by atoms with van der Waals surface area (Å²) >= 11 is 0. The highest BCUT2D eigenvalue weighted by Crippen LogP contribution is 2.45. The van der Waals surface area contributed by atoms with E-state index in [1.807, 2.05) is 18.2 Å². The molecule has 0 aromatic heterocycles. The lowest BCUT2D eigenvalue weighted by atomic mass is 9.82. The second-order valence-corrected chi connectivity index (χ2v) is 6.14. The standard InChI is InChI=1S/C20H20N4O3/c1-3-23(4-2)13-9-10-15-18(11-13)27-20(22)16(12-21)19(15)14-7-5-6-8-17(14)24(25)26/h5-11,19H,3-4,22H2,1-2H3. The second kappa shape index (κ2) is 7.38. The van der Waals surface area contributed by atoms with Crippen molar-refractivity contribution in [2.45, 2.75) is 19.8 Å². The number of nitrogens with zero attached hydrogens (tertiary/aromatic N) is 3. The summed E-state index contributed by atoms with van der Waals surface area (Å²) in [6.45, 7) is 5.78. The summed E-state index contributed by atoms with van der Waals surface area (Å²) in [5, 5.41) is 21.1. The molecule has 1 heterocycles. The first-order chi connectivity index (χ1) is 13.0. The Balaban J connectivity index is 2.21. The fourth-order valence-corrected chi connectivity index (χ4v) is 3.45. The zero-order valence-electron chi connectivity index (χ0n) is 15.2. The summed E-state index contributed by atoms with van der Waals surface area (Å²) in [5.41, 5.74) is 8.19. The predicted molar refractivity (Wildman–Crippen MR) is 102 cm³/mol. The Labute approximate surface area is 157 Å². The minimum Gasteiger partial charge on any atom is -0.440 e. The van der Waals surface area contributed by atoms with Crippen molar-refractivity contribution in [1.29, 1.82) is 5.26 Å². The lowest BCUT2D eigenvalue weighted by molar-refractivity contribution is -0.385. The van der Waals surface area contributed by atoms with Gasteiger partial charge in [-0.2, -0.15) is 5.26 Å². The first-order valence-corrected chi connectivity index (χ1v) is 8.71. The SMILES string of the molecule is CCN(CC)c1ccc2c(c1)OC(N)=C(C#N)C2c1ccccc1[N+](=O)[O-]. The molecule has 0 aliphatic carbocycles. The molecule has 0 fully saturated rings. The Morgan fingerprint density at radius 3 is 2.56 bits per heavy atom. The van der Waals surface area contributed by atoms with Gasteiger partial charge in [0.25, 0.3) is 5.69 Å². The molecule has 1 atom stereocenters. The van der Waals surface area contributed by atoms with Gasteiger partial charge in [-0.15, -0.1) is 0 Å². The third kappa shape index (κ3) is 3.17. The van der Waals surface area contributed by atoms with Crippen LogP contribution < -0.4 is 15.4 Å². The number of allylic oxidation sites excluding steroid dienone is 1. The van der Waals surface area contributed by atoms with Crippen LogP contribution in [0, 0.1) is 21.4 Å². The van der Waals surface area contributed by atoms with Crippen molar-refractivity contribution < 1.29 is 9.66 Å². The van der Waals surface area contributed by atoms with Crippen molar-refractivity contribution in [1.82, 2.24) is 0 Å². The molecular formula is C20H20N4O3. The number of rotatable bonds is 5. The number of nitrogens with two attached hydrogens (primary N) is 1. The number of hydrogen-bond acceptors (Lipinski definition) is 6. The van der Waals surface area contributed by atoms with Crippen LogP contribution in [0.1, 0.15) is 30.9 Å².